The van der Waals surface area contributed by atoms with Crippen LogP contribution < -0.4 is 15.0 Å². The van der Waals surface area contributed by atoms with Gasteiger partial charge in [0.25, 0.3) is 5.91 Å². The first kappa shape index (κ1) is 18.1. The van der Waals surface area contributed by atoms with Crippen LogP contribution in [-0.4, -0.2) is 17.6 Å². The second kappa shape index (κ2) is 8.10. The van der Waals surface area contributed by atoms with Crippen molar-refractivity contribution >= 4 is 35.0 Å². The Morgan fingerprint density at radius 1 is 1.19 bits per heavy atom. The van der Waals surface area contributed by atoms with Gasteiger partial charge in [0.2, 0.25) is 0 Å². The number of carbonyl (C=O) groups is 1. The highest BCUT2D eigenvalue weighted by molar-refractivity contribution is 7.80. The fourth-order valence-corrected chi connectivity index (χ4v) is 2.84. The summed E-state index contributed by atoms with van der Waals surface area (Å²) < 4.78 is 19.6. The molecule has 2 aromatic carbocycles. The van der Waals surface area contributed by atoms with Gasteiger partial charge in [-0.05, 0) is 54.5 Å². The SMILES string of the molecule is CCCCOc1ccc(/C=C2\NC(=S)N(c3ccccc3F)C2=O)cc1. The molecule has 26 heavy (non-hydrogen) atoms. The van der Waals surface area contributed by atoms with Crippen LogP contribution >= 0.6 is 12.2 Å². The zero-order valence-electron chi connectivity index (χ0n) is 14.4. The Bertz CT molecular complexity index is 849. The van der Waals surface area contributed by atoms with Gasteiger partial charge in [-0.1, -0.05) is 37.6 Å². The average molecular weight is 370 g/mol. The predicted octanol–water partition coefficient (Wildman–Crippen LogP) is 4.27. The standard InChI is InChI=1S/C20H19FN2O2S/c1-2-3-12-25-15-10-8-14(9-11-15)13-17-19(24)23(20(26)22-17)18-7-5-4-6-16(18)21/h4-11,13H,2-3,12H2,1H3,(H,22,26)/b17-13-. The van der Waals surface area contributed by atoms with E-state index in [4.69, 9.17) is 17.0 Å². The van der Waals surface area contributed by atoms with E-state index in [1.165, 1.54) is 17.0 Å². The molecular weight excluding hydrogens is 351 g/mol. The number of hydrogen-bond donors (Lipinski definition) is 1. The minimum absolute atomic E-state index is 0.137. The maximum Gasteiger partial charge on any atom is 0.281 e. The Morgan fingerprint density at radius 3 is 2.62 bits per heavy atom. The van der Waals surface area contributed by atoms with Crippen LogP contribution in [0.1, 0.15) is 25.3 Å². The summed E-state index contributed by atoms with van der Waals surface area (Å²) in [6, 6.07) is 13.5. The molecule has 134 valence electrons. The molecule has 1 N–H and O–H groups in total. The third-order valence-corrected chi connectivity index (χ3v) is 4.21. The van der Waals surface area contributed by atoms with E-state index in [0.29, 0.717) is 12.3 Å². The smallest absolute Gasteiger partial charge is 0.281 e. The van der Waals surface area contributed by atoms with Gasteiger partial charge < -0.3 is 10.1 Å². The molecule has 1 amide bonds. The molecule has 0 bridgehead atoms. The topological polar surface area (TPSA) is 41.6 Å². The van der Waals surface area contributed by atoms with Gasteiger partial charge in [-0.25, -0.2) is 9.29 Å². The van der Waals surface area contributed by atoms with Crippen molar-refractivity contribution in [1.29, 1.82) is 0 Å². The van der Waals surface area contributed by atoms with Crippen molar-refractivity contribution in [2.24, 2.45) is 0 Å². The van der Waals surface area contributed by atoms with Crippen LogP contribution in [0.25, 0.3) is 6.08 Å². The maximum absolute atomic E-state index is 14.0. The van der Waals surface area contributed by atoms with Crippen LogP contribution in [0.5, 0.6) is 5.75 Å². The summed E-state index contributed by atoms with van der Waals surface area (Å²) in [7, 11) is 0. The Morgan fingerprint density at radius 2 is 1.92 bits per heavy atom. The summed E-state index contributed by atoms with van der Waals surface area (Å²) in [5.41, 5.74) is 1.26. The summed E-state index contributed by atoms with van der Waals surface area (Å²) >= 11 is 5.20. The molecule has 2 aromatic rings. The van der Waals surface area contributed by atoms with Crippen LogP contribution in [-0.2, 0) is 4.79 Å². The molecular formula is C20H19FN2O2S. The number of benzene rings is 2. The highest BCUT2D eigenvalue weighted by atomic mass is 32.1. The molecule has 1 aliphatic rings. The summed E-state index contributed by atoms with van der Waals surface area (Å²) in [6.45, 7) is 2.79. The van der Waals surface area contributed by atoms with Crippen LogP contribution in [0.15, 0.2) is 54.2 Å². The maximum atomic E-state index is 14.0. The van der Waals surface area contributed by atoms with Gasteiger partial charge in [-0.2, -0.15) is 0 Å². The van der Waals surface area contributed by atoms with Gasteiger partial charge in [-0.3, -0.25) is 4.79 Å². The van der Waals surface area contributed by atoms with Gasteiger partial charge in [0.15, 0.2) is 5.11 Å². The molecule has 1 fully saturated rings. The van der Waals surface area contributed by atoms with E-state index >= 15 is 0 Å². The first-order valence-electron chi connectivity index (χ1n) is 8.44. The molecule has 0 spiro atoms. The molecule has 6 heteroatoms. The van der Waals surface area contributed by atoms with E-state index in [9.17, 15) is 9.18 Å². The largest absolute Gasteiger partial charge is 0.494 e. The number of carbonyl (C=O) groups excluding carboxylic acids is 1. The predicted molar refractivity (Wildman–Crippen MR) is 104 cm³/mol. The number of ether oxygens (including phenoxy) is 1. The number of amides is 1. The second-order valence-corrected chi connectivity index (χ2v) is 6.24. The number of thiocarbonyl (C=S) groups is 1. The number of unbranched alkanes of at least 4 members (excludes halogenated alkanes) is 1. The van der Waals surface area contributed by atoms with Crippen LogP contribution in [0, 0.1) is 5.82 Å². The lowest BCUT2D eigenvalue weighted by Crippen LogP contribution is -2.31. The lowest BCUT2D eigenvalue weighted by molar-refractivity contribution is -0.113. The Hall–Kier alpha value is -2.73. The number of halogens is 1. The van der Waals surface area contributed by atoms with Crippen molar-refractivity contribution in [3.05, 3.63) is 65.6 Å². The molecule has 0 aromatic heterocycles. The molecule has 4 nitrogen and oxygen atoms in total. The van der Waals surface area contributed by atoms with Gasteiger partial charge in [0.05, 0.1) is 12.3 Å². The van der Waals surface area contributed by atoms with Gasteiger partial charge >= 0.3 is 0 Å². The molecule has 1 aliphatic heterocycles. The third kappa shape index (κ3) is 3.91. The highest BCUT2D eigenvalue weighted by Crippen LogP contribution is 2.25. The zero-order chi connectivity index (χ0) is 18.5. The summed E-state index contributed by atoms with van der Waals surface area (Å²) in [5.74, 6) is -0.0991. The molecule has 0 atom stereocenters. The summed E-state index contributed by atoms with van der Waals surface area (Å²) in [5, 5.41) is 3.01. The van der Waals surface area contributed by atoms with E-state index in [-0.39, 0.29) is 16.7 Å². The number of hydrogen-bond acceptors (Lipinski definition) is 3. The van der Waals surface area contributed by atoms with Crippen molar-refractivity contribution in [3.63, 3.8) is 0 Å². The first-order valence-corrected chi connectivity index (χ1v) is 8.85. The fourth-order valence-electron chi connectivity index (χ4n) is 2.55. The number of anilines is 1. The summed E-state index contributed by atoms with van der Waals surface area (Å²) in [4.78, 5) is 13.8. The van der Waals surface area contributed by atoms with E-state index < -0.39 is 5.82 Å². The van der Waals surface area contributed by atoms with Crippen LogP contribution in [0.4, 0.5) is 10.1 Å². The lowest BCUT2D eigenvalue weighted by Gasteiger charge is -2.14. The third-order valence-electron chi connectivity index (χ3n) is 3.93. The van der Waals surface area contributed by atoms with Gasteiger partial charge in [0, 0.05) is 0 Å². The molecule has 1 saturated heterocycles. The van der Waals surface area contributed by atoms with E-state index in [0.717, 1.165) is 24.2 Å². The Balaban J connectivity index is 1.77. The zero-order valence-corrected chi connectivity index (χ0v) is 15.2. The monoisotopic (exact) mass is 370 g/mol. The molecule has 3 rings (SSSR count). The van der Waals surface area contributed by atoms with Crippen molar-refractivity contribution in [2.45, 2.75) is 19.8 Å². The van der Waals surface area contributed by atoms with Crippen molar-refractivity contribution in [2.75, 3.05) is 11.5 Å². The number of para-hydroxylation sites is 1. The first-order chi connectivity index (χ1) is 12.6. The Labute approximate surface area is 157 Å². The number of nitrogens with one attached hydrogen (secondary N) is 1. The van der Waals surface area contributed by atoms with E-state index in [1.807, 2.05) is 24.3 Å². The van der Waals surface area contributed by atoms with Crippen molar-refractivity contribution in [3.8, 4) is 5.75 Å². The minimum atomic E-state index is -0.500. The van der Waals surface area contributed by atoms with Crippen molar-refractivity contribution in [1.82, 2.24) is 5.32 Å². The minimum Gasteiger partial charge on any atom is -0.494 e. The van der Waals surface area contributed by atoms with Crippen LogP contribution in [0.2, 0.25) is 0 Å². The van der Waals surface area contributed by atoms with Gasteiger partial charge in [-0.15, -0.1) is 0 Å². The molecule has 0 unspecified atom stereocenters. The molecule has 0 saturated carbocycles. The van der Waals surface area contributed by atoms with Gasteiger partial charge in [0.1, 0.15) is 17.3 Å². The number of rotatable bonds is 6. The lowest BCUT2D eigenvalue weighted by atomic mass is 10.2. The van der Waals surface area contributed by atoms with E-state index in [1.54, 1.807) is 18.2 Å². The van der Waals surface area contributed by atoms with Crippen LogP contribution in [0.3, 0.4) is 0 Å². The average Bonchev–Trinajstić information content (AvgIpc) is 2.91. The van der Waals surface area contributed by atoms with E-state index in [2.05, 4.69) is 12.2 Å². The second-order valence-electron chi connectivity index (χ2n) is 5.85. The summed E-state index contributed by atoms with van der Waals surface area (Å²) in [6.07, 6.45) is 3.77. The molecule has 1 heterocycles. The molecule has 0 radical (unpaired) electrons. The van der Waals surface area contributed by atoms with Crippen molar-refractivity contribution < 1.29 is 13.9 Å². The molecule has 0 aliphatic carbocycles. The fraction of sp³-hybridized carbons (Fsp3) is 0.200. The number of nitrogens with zero attached hydrogens (tertiary/aromatic N) is 1. The Kier molecular flexibility index (Phi) is 5.63. The highest BCUT2D eigenvalue weighted by Gasteiger charge is 2.33. The quantitative estimate of drug-likeness (QED) is 0.468. The normalized spacial score (nSPS) is 15.5.